The summed E-state index contributed by atoms with van der Waals surface area (Å²) >= 11 is 1.59. The molecule has 1 amide bonds. The van der Waals surface area contributed by atoms with Crippen molar-refractivity contribution in [2.45, 2.75) is 31.8 Å². The monoisotopic (exact) mass is 423 g/mol. The quantitative estimate of drug-likeness (QED) is 0.441. The van der Waals surface area contributed by atoms with Crippen LogP contribution < -0.4 is 5.32 Å². The summed E-state index contributed by atoms with van der Waals surface area (Å²) in [6.45, 7) is 4.61. The second-order valence-electron chi connectivity index (χ2n) is 6.87. The Hall–Kier alpha value is -3.06. The number of hydrogen-bond acceptors (Lipinski definition) is 5. The van der Waals surface area contributed by atoms with E-state index >= 15 is 0 Å². The highest BCUT2D eigenvalue weighted by atomic mass is 32.2. The van der Waals surface area contributed by atoms with Crippen LogP contribution in [0.1, 0.15) is 32.9 Å². The number of nitrogens with zero attached hydrogens (tertiary/aromatic N) is 2. The van der Waals surface area contributed by atoms with Gasteiger partial charge in [-0.05, 0) is 49.9 Å². The summed E-state index contributed by atoms with van der Waals surface area (Å²) in [7, 11) is 0. The Balaban J connectivity index is 1.52. The van der Waals surface area contributed by atoms with Crippen LogP contribution in [0, 0.1) is 13.8 Å². The Labute approximate surface area is 180 Å². The van der Waals surface area contributed by atoms with Gasteiger partial charge in [-0.2, -0.15) is 5.10 Å². The third-order valence-corrected chi connectivity index (χ3v) is 5.57. The van der Waals surface area contributed by atoms with Crippen molar-refractivity contribution < 1.29 is 14.3 Å². The predicted octanol–water partition coefficient (Wildman–Crippen LogP) is 3.74. The second-order valence-corrected chi connectivity index (χ2v) is 7.75. The number of nitrogens with one attached hydrogen (secondary N) is 1. The number of esters is 1. The lowest BCUT2D eigenvalue weighted by Crippen LogP contribution is -2.28. The van der Waals surface area contributed by atoms with Crippen molar-refractivity contribution >= 4 is 23.6 Å². The first-order valence-electron chi connectivity index (χ1n) is 9.62. The van der Waals surface area contributed by atoms with E-state index in [0.29, 0.717) is 18.7 Å². The van der Waals surface area contributed by atoms with Gasteiger partial charge in [-0.15, -0.1) is 11.8 Å². The molecular weight excluding hydrogens is 398 g/mol. The van der Waals surface area contributed by atoms with Crippen molar-refractivity contribution in [3.63, 3.8) is 0 Å². The van der Waals surface area contributed by atoms with Gasteiger partial charge < -0.3 is 10.1 Å². The molecule has 0 aliphatic heterocycles. The van der Waals surface area contributed by atoms with Gasteiger partial charge >= 0.3 is 5.97 Å². The number of carbonyl (C=O) groups is 2. The molecule has 30 heavy (non-hydrogen) atoms. The van der Waals surface area contributed by atoms with Gasteiger partial charge in [0.1, 0.15) is 0 Å². The summed E-state index contributed by atoms with van der Waals surface area (Å²) in [6.07, 6.45) is 1.96. The minimum atomic E-state index is -0.513. The summed E-state index contributed by atoms with van der Waals surface area (Å²) < 4.78 is 7.05. The van der Waals surface area contributed by atoms with Gasteiger partial charge in [0, 0.05) is 22.7 Å². The summed E-state index contributed by atoms with van der Waals surface area (Å²) in [5.74, 6) is -0.862. The standard InChI is InChI=1S/C23H25N3O3S/c1-16-21(17(2)26(25-16)14-18-7-5-4-6-8-18)13-24-22(27)15-29-23(28)19-9-11-20(30-3)12-10-19/h4-12H,13-15H2,1-3H3,(H,24,27). The van der Waals surface area contributed by atoms with Crippen molar-refractivity contribution in [2.75, 3.05) is 12.9 Å². The zero-order chi connectivity index (χ0) is 21.5. The Morgan fingerprint density at radius 2 is 1.77 bits per heavy atom. The highest BCUT2D eigenvalue weighted by molar-refractivity contribution is 7.98. The van der Waals surface area contributed by atoms with E-state index in [0.717, 1.165) is 27.4 Å². The number of carbonyl (C=O) groups excluding carboxylic acids is 2. The number of aromatic nitrogens is 2. The predicted molar refractivity (Wildman–Crippen MR) is 118 cm³/mol. The lowest BCUT2D eigenvalue weighted by atomic mass is 10.2. The topological polar surface area (TPSA) is 73.2 Å². The maximum Gasteiger partial charge on any atom is 0.338 e. The lowest BCUT2D eigenvalue weighted by Gasteiger charge is -2.08. The fourth-order valence-electron chi connectivity index (χ4n) is 3.08. The molecule has 2 aromatic carbocycles. The largest absolute Gasteiger partial charge is 0.452 e. The average Bonchev–Trinajstić information content (AvgIpc) is 3.03. The van der Waals surface area contributed by atoms with Crippen molar-refractivity contribution in [3.05, 3.63) is 82.7 Å². The summed E-state index contributed by atoms with van der Waals surface area (Å²) in [5, 5.41) is 7.40. The minimum Gasteiger partial charge on any atom is -0.452 e. The second kappa shape index (κ2) is 10.1. The maximum absolute atomic E-state index is 12.2. The number of ether oxygens (including phenoxy) is 1. The van der Waals surface area contributed by atoms with Crippen LogP contribution in [-0.2, 0) is 22.6 Å². The summed E-state index contributed by atoms with van der Waals surface area (Å²) in [4.78, 5) is 25.3. The van der Waals surface area contributed by atoms with E-state index in [2.05, 4.69) is 22.5 Å². The molecule has 1 aromatic heterocycles. The molecule has 0 spiro atoms. The van der Waals surface area contributed by atoms with E-state index in [1.165, 1.54) is 0 Å². The van der Waals surface area contributed by atoms with Gasteiger partial charge in [-0.25, -0.2) is 4.79 Å². The molecule has 0 unspecified atom stereocenters. The molecular formula is C23H25N3O3S. The number of benzene rings is 2. The van der Waals surface area contributed by atoms with Crippen LogP contribution in [0.3, 0.4) is 0 Å². The van der Waals surface area contributed by atoms with Crippen LogP contribution in [0.2, 0.25) is 0 Å². The SMILES string of the molecule is CSc1ccc(C(=O)OCC(=O)NCc2c(C)nn(Cc3ccccc3)c2C)cc1. The Kier molecular flexibility index (Phi) is 7.30. The molecule has 0 fully saturated rings. The molecule has 1 N–H and O–H groups in total. The minimum absolute atomic E-state index is 0.320. The van der Waals surface area contributed by atoms with Gasteiger partial charge in [0.25, 0.3) is 5.91 Å². The Morgan fingerprint density at radius 1 is 1.07 bits per heavy atom. The van der Waals surface area contributed by atoms with E-state index in [4.69, 9.17) is 4.74 Å². The number of amides is 1. The highest BCUT2D eigenvalue weighted by Gasteiger charge is 2.14. The molecule has 156 valence electrons. The number of thioether (sulfide) groups is 1. The van der Waals surface area contributed by atoms with Crippen molar-refractivity contribution in [2.24, 2.45) is 0 Å². The van der Waals surface area contributed by atoms with Crippen molar-refractivity contribution in [3.8, 4) is 0 Å². The number of hydrogen-bond donors (Lipinski definition) is 1. The van der Waals surface area contributed by atoms with Gasteiger partial charge in [0.2, 0.25) is 0 Å². The van der Waals surface area contributed by atoms with Crippen LogP contribution in [0.15, 0.2) is 59.5 Å². The van der Waals surface area contributed by atoms with Gasteiger partial charge in [-0.1, -0.05) is 30.3 Å². The number of rotatable bonds is 8. The first-order chi connectivity index (χ1) is 14.5. The van der Waals surface area contributed by atoms with Crippen molar-refractivity contribution in [1.82, 2.24) is 15.1 Å². The van der Waals surface area contributed by atoms with E-state index in [9.17, 15) is 9.59 Å². The third-order valence-electron chi connectivity index (χ3n) is 4.83. The summed E-state index contributed by atoms with van der Waals surface area (Å²) in [5.41, 5.74) is 4.43. The number of aryl methyl sites for hydroxylation is 1. The average molecular weight is 424 g/mol. The van der Waals surface area contributed by atoms with E-state index in [-0.39, 0.29) is 12.5 Å². The first-order valence-corrected chi connectivity index (χ1v) is 10.8. The first kappa shape index (κ1) is 21.6. The normalized spacial score (nSPS) is 10.6. The Morgan fingerprint density at radius 3 is 2.43 bits per heavy atom. The maximum atomic E-state index is 12.2. The van der Waals surface area contributed by atoms with Crippen LogP contribution in [0.25, 0.3) is 0 Å². The van der Waals surface area contributed by atoms with Gasteiger partial charge in [-0.3, -0.25) is 9.48 Å². The van der Waals surface area contributed by atoms with Crippen LogP contribution >= 0.6 is 11.8 Å². The fraction of sp³-hybridized carbons (Fsp3) is 0.261. The summed E-state index contributed by atoms with van der Waals surface area (Å²) in [6, 6.07) is 17.2. The molecule has 0 saturated heterocycles. The Bertz CT molecular complexity index is 1010. The molecule has 0 aliphatic rings. The van der Waals surface area contributed by atoms with E-state index < -0.39 is 5.97 Å². The molecule has 3 rings (SSSR count). The molecule has 6 nitrogen and oxygen atoms in total. The van der Waals surface area contributed by atoms with Crippen LogP contribution in [0.4, 0.5) is 0 Å². The fourth-order valence-corrected chi connectivity index (χ4v) is 3.49. The van der Waals surface area contributed by atoms with E-state index in [1.807, 2.05) is 55.1 Å². The zero-order valence-electron chi connectivity index (χ0n) is 17.3. The van der Waals surface area contributed by atoms with Gasteiger partial charge in [0.15, 0.2) is 6.61 Å². The molecule has 0 radical (unpaired) electrons. The molecule has 0 saturated carbocycles. The van der Waals surface area contributed by atoms with Gasteiger partial charge in [0.05, 0.1) is 17.8 Å². The molecule has 1 heterocycles. The molecule has 0 aliphatic carbocycles. The smallest absolute Gasteiger partial charge is 0.338 e. The lowest BCUT2D eigenvalue weighted by molar-refractivity contribution is -0.124. The van der Waals surface area contributed by atoms with Crippen LogP contribution in [-0.4, -0.2) is 34.5 Å². The highest BCUT2D eigenvalue weighted by Crippen LogP contribution is 2.16. The molecule has 0 atom stereocenters. The zero-order valence-corrected chi connectivity index (χ0v) is 18.2. The van der Waals surface area contributed by atoms with Crippen LogP contribution in [0.5, 0.6) is 0 Å². The van der Waals surface area contributed by atoms with E-state index in [1.54, 1.807) is 23.9 Å². The third kappa shape index (κ3) is 5.51. The molecule has 7 heteroatoms. The van der Waals surface area contributed by atoms with Crippen molar-refractivity contribution in [1.29, 1.82) is 0 Å². The molecule has 3 aromatic rings. The molecule has 0 bridgehead atoms.